The van der Waals surface area contributed by atoms with Gasteiger partial charge in [-0.25, -0.2) is 0 Å². The normalized spacial score (nSPS) is 12.4. The van der Waals surface area contributed by atoms with E-state index in [1.165, 1.54) is 17.5 Å². The molecule has 1 aromatic rings. The van der Waals surface area contributed by atoms with Gasteiger partial charge < -0.3 is 5.32 Å². The topological polar surface area (TPSA) is 12.0 Å². The zero-order valence-electron chi connectivity index (χ0n) is 10.8. The summed E-state index contributed by atoms with van der Waals surface area (Å²) in [5, 5.41) is 4.35. The van der Waals surface area contributed by atoms with Crippen molar-refractivity contribution in [3.8, 4) is 0 Å². The summed E-state index contributed by atoms with van der Waals surface area (Å²) >= 11 is 5.99. The van der Waals surface area contributed by atoms with Crippen LogP contribution in [0.25, 0.3) is 0 Å². The van der Waals surface area contributed by atoms with Crippen molar-refractivity contribution >= 4 is 11.6 Å². The van der Waals surface area contributed by atoms with Gasteiger partial charge in [-0.2, -0.15) is 0 Å². The minimum Gasteiger partial charge on any atom is -0.310 e. The van der Waals surface area contributed by atoms with Crippen molar-refractivity contribution < 1.29 is 0 Å². The van der Waals surface area contributed by atoms with Crippen LogP contribution in [0.15, 0.2) is 30.9 Å². The van der Waals surface area contributed by atoms with Gasteiger partial charge in [-0.3, -0.25) is 0 Å². The van der Waals surface area contributed by atoms with Gasteiger partial charge in [-0.1, -0.05) is 30.7 Å². The van der Waals surface area contributed by atoms with Crippen LogP contribution >= 0.6 is 11.6 Å². The number of hydrogen-bond acceptors (Lipinski definition) is 1. The van der Waals surface area contributed by atoms with Gasteiger partial charge in [0.15, 0.2) is 0 Å². The minimum atomic E-state index is 0.428. The smallest absolute Gasteiger partial charge is 0.0408 e. The second kappa shape index (κ2) is 7.52. The predicted molar refractivity (Wildman–Crippen MR) is 76.7 cm³/mol. The lowest BCUT2D eigenvalue weighted by Gasteiger charge is -2.20. The van der Waals surface area contributed by atoms with Crippen LogP contribution in [-0.4, -0.2) is 6.54 Å². The van der Waals surface area contributed by atoms with E-state index in [9.17, 15) is 0 Å². The Kier molecular flexibility index (Phi) is 6.31. The largest absolute Gasteiger partial charge is 0.310 e. The lowest BCUT2D eigenvalue weighted by Crippen LogP contribution is -2.21. The second-order valence-electron chi connectivity index (χ2n) is 4.33. The molecule has 0 aliphatic heterocycles. The Balaban J connectivity index is 2.77. The van der Waals surface area contributed by atoms with Crippen molar-refractivity contribution in [3.05, 3.63) is 47.0 Å². The first-order chi connectivity index (χ1) is 8.19. The first-order valence-corrected chi connectivity index (χ1v) is 6.67. The fourth-order valence-corrected chi connectivity index (χ4v) is 2.34. The summed E-state index contributed by atoms with van der Waals surface area (Å²) < 4.78 is 0. The number of benzene rings is 1. The average Bonchev–Trinajstić information content (AvgIpc) is 2.28. The minimum absolute atomic E-state index is 0.428. The molecular weight excluding hydrogens is 230 g/mol. The molecule has 1 rings (SSSR count). The molecule has 0 saturated carbocycles. The Labute approximate surface area is 110 Å². The summed E-state index contributed by atoms with van der Waals surface area (Å²) in [6, 6.07) is 6.58. The monoisotopic (exact) mass is 251 g/mol. The lowest BCUT2D eigenvalue weighted by atomic mass is 9.97. The van der Waals surface area contributed by atoms with Crippen molar-refractivity contribution in [2.24, 2.45) is 0 Å². The zero-order valence-corrected chi connectivity index (χ0v) is 11.6. The first-order valence-electron chi connectivity index (χ1n) is 6.29. The van der Waals surface area contributed by atoms with Crippen molar-refractivity contribution in [1.82, 2.24) is 5.32 Å². The van der Waals surface area contributed by atoms with Gasteiger partial charge in [-0.05, 0) is 56.0 Å². The Bertz CT molecular complexity index is 360. The van der Waals surface area contributed by atoms with Gasteiger partial charge in [0.1, 0.15) is 0 Å². The number of allylic oxidation sites excluding steroid dienone is 1. The van der Waals surface area contributed by atoms with E-state index in [0.29, 0.717) is 6.04 Å². The van der Waals surface area contributed by atoms with Crippen LogP contribution < -0.4 is 5.32 Å². The van der Waals surface area contributed by atoms with Gasteiger partial charge >= 0.3 is 0 Å². The molecule has 1 aromatic carbocycles. The van der Waals surface area contributed by atoms with E-state index in [1.807, 2.05) is 18.2 Å². The van der Waals surface area contributed by atoms with Crippen LogP contribution in [0.3, 0.4) is 0 Å². The number of hydrogen-bond donors (Lipinski definition) is 1. The molecule has 0 radical (unpaired) electrons. The van der Waals surface area contributed by atoms with E-state index in [0.717, 1.165) is 24.4 Å². The van der Waals surface area contributed by atoms with Crippen LogP contribution in [0.2, 0.25) is 5.02 Å². The van der Waals surface area contributed by atoms with E-state index in [2.05, 4.69) is 31.8 Å². The third kappa shape index (κ3) is 4.53. The summed E-state index contributed by atoms with van der Waals surface area (Å²) in [5.41, 5.74) is 2.63. The molecule has 0 amide bonds. The molecule has 17 heavy (non-hydrogen) atoms. The average molecular weight is 252 g/mol. The standard InChI is InChI=1S/C15H22ClN/c1-4-6-7-8-15(17-5-2)14-10-9-13(16)11-12(14)3/h4,9-11,15,17H,1,5-8H2,2-3H3. The van der Waals surface area contributed by atoms with Crippen molar-refractivity contribution in [2.45, 2.75) is 39.2 Å². The molecule has 0 heterocycles. The third-order valence-corrected chi connectivity index (χ3v) is 3.19. The summed E-state index contributed by atoms with van der Waals surface area (Å²) in [5.74, 6) is 0. The molecule has 1 N–H and O–H groups in total. The number of rotatable bonds is 7. The lowest BCUT2D eigenvalue weighted by molar-refractivity contribution is 0.498. The SMILES string of the molecule is C=CCCCC(NCC)c1ccc(Cl)cc1C. The number of halogens is 1. The van der Waals surface area contributed by atoms with E-state index in [-0.39, 0.29) is 0 Å². The molecule has 94 valence electrons. The highest BCUT2D eigenvalue weighted by Gasteiger charge is 2.12. The van der Waals surface area contributed by atoms with Gasteiger partial charge in [0.25, 0.3) is 0 Å². The van der Waals surface area contributed by atoms with Crippen LogP contribution in [0.1, 0.15) is 43.4 Å². The second-order valence-corrected chi connectivity index (χ2v) is 4.77. The van der Waals surface area contributed by atoms with Gasteiger partial charge in [0.05, 0.1) is 0 Å². The van der Waals surface area contributed by atoms with E-state index in [4.69, 9.17) is 11.6 Å². The molecule has 2 heteroatoms. The van der Waals surface area contributed by atoms with E-state index in [1.54, 1.807) is 0 Å². The summed E-state index contributed by atoms with van der Waals surface area (Å²) in [6.45, 7) is 9.02. The number of nitrogens with one attached hydrogen (secondary N) is 1. The Morgan fingerprint density at radius 2 is 2.24 bits per heavy atom. The fourth-order valence-electron chi connectivity index (χ4n) is 2.11. The maximum Gasteiger partial charge on any atom is 0.0408 e. The Hall–Kier alpha value is -0.790. The summed E-state index contributed by atoms with van der Waals surface area (Å²) in [4.78, 5) is 0. The molecule has 1 unspecified atom stereocenters. The molecule has 0 aliphatic rings. The van der Waals surface area contributed by atoms with Crippen molar-refractivity contribution in [2.75, 3.05) is 6.54 Å². The summed E-state index contributed by atoms with van der Waals surface area (Å²) in [6.07, 6.45) is 5.37. The fraction of sp³-hybridized carbons (Fsp3) is 0.467. The highest BCUT2D eigenvalue weighted by atomic mass is 35.5. The predicted octanol–water partition coefficient (Wildman–Crippen LogP) is 4.66. The van der Waals surface area contributed by atoms with Crippen molar-refractivity contribution in [1.29, 1.82) is 0 Å². The molecule has 0 saturated heterocycles. The Morgan fingerprint density at radius 3 is 2.82 bits per heavy atom. The van der Waals surface area contributed by atoms with Gasteiger partial charge in [0.2, 0.25) is 0 Å². The molecule has 0 aliphatic carbocycles. The van der Waals surface area contributed by atoms with E-state index < -0.39 is 0 Å². The zero-order chi connectivity index (χ0) is 12.7. The maximum absolute atomic E-state index is 5.99. The molecule has 1 nitrogen and oxygen atoms in total. The van der Waals surface area contributed by atoms with Crippen LogP contribution in [-0.2, 0) is 0 Å². The molecular formula is C15H22ClN. The Morgan fingerprint density at radius 1 is 1.47 bits per heavy atom. The molecule has 1 atom stereocenters. The van der Waals surface area contributed by atoms with Gasteiger partial charge in [-0.15, -0.1) is 6.58 Å². The van der Waals surface area contributed by atoms with Crippen LogP contribution in [0.5, 0.6) is 0 Å². The van der Waals surface area contributed by atoms with Crippen molar-refractivity contribution in [3.63, 3.8) is 0 Å². The molecule has 0 spiro atoms. The number of unbranched alkanes of at least 4 members (excludes halogenated alkanes) is 1. The highest BCUT2D eigenvalue weighted by molar-refractivity contribution is 6.30. The molecule has 0 fully saturated rings. The molecule has 0 bridgehead atoms. The van der Waals surface area contributed by atoms with E-state index >= 15 is 0 Å². The van der Waals surface area contributed by atoms with Gasteiger partial charge in [0, 0.05) is 11.1 Å². The quantitative estimate of drug-likeness (QED) is 0.549. The molecule has 0 aromatic heterocycles. The maximum atomic E-state index is 5.99. The first kappa shape index (κ1) is 14.3. The highest BCUT2D eigenvalue weighted by Crippen LogP contribution is 2.25. The van der Waals surface area contributed by atoms with Crippen LogP contribution in [0.4, 0.5) is 0 Å². The van der Waals surface area contributed by atoms with Crippen LogP contribution in [0, 0.1) is 6.92 Å². The number of aryl methyl sites for hydroxylation is 1. The summed E-state index contributed by atoms with van der Waals surface area (Å²) in [7, 11) is 0. The third-order valence-electron chi connectivity index (χ3n) is 2.96.